The lowest BCUT2D eigenvalue weighted by atomic mass is 9.96. The summed E-state index contributed by atoms with van der Waals surface area (Å²) in [4.78, 5) is 24.2. The third kappa shape index (κ3) is 2.50. The van der Waals surface area contributed by atoms with Crippen LogP contribution in [-0.2, 0) is 7.05 Å². The van der Waals surface area contributed by atoms with Gasteiger partial charge in [0.15, 0.2) is 0 Å². The van der Waals surface area contributed by atoms with Crippen molar-refractivity contribution in [3.05, 3.63) is 68.4 Å². The zero-order valence-corrected chi connectivity index (χ0v) is 13.5. The zero-order valence-electron chi connectivity index (χ0n) is 12.0. The van der Waals surface area contributed by atoms with Gasteiger partial charge in [0.1, 0.15) is 5.56 Å². The molecule has 0 bridgehead atoms. The van der Waals surface area contributed by atoms with Gasteiger partial charge >= 0.3 is 5.97 Å². The molecule has 1 heterocycles. The van der Waals surface area contributed by atoms with Crippen LogP contribution < -0.4 is 5.56 Å². The number of carbonyl (C=O) groups is 1. The van der Waals surface area contributed by atoms with Crippen LogP contribution in [0, 0.1) is 0 Å². The molecule has 0 amide bonds. The summed E-state index contributed by atoms with van der Waals surface area (Å²) >= 11 is 12.3. The molecule has 0 atom stereocenters. The summed E-state index contributed by atoms with van der Waals surface area (Å²) < 4.78 is 1.30. The van der Waals surface area contributed by atoms with E-state index in [4.69, 9.17) is 23.2 Å². The van der Waals surface area contributed by atoms with E-state index in [0.29, 0.717) is 26.5 Å². The Morgan fingerprint density at radius 2 is 1.83 bits per heavy atom. The molecule has 0 saturated carbocycles. The minimum Gasteiger partial charge on any atom is -0.477 e. The maximum Gasteiger partial charge on any atom is 0.342 e. The van der Waals surface area contributed by atoms with Gasteiger partial charge in [-0.25, -0.2) is 4.79 Å². The fraction of sp³-hybridized carbons (Fsp3) is 0.0588. The van der Waals surface area contributed by atoms with E-state index in [9.17, 15) is 14.7 Å². The third-order valence-electron chi connectivity index (χ3n) is 3.71. The Morgan fingerprint density at radius 1 is 1.13 bits per heavy atom. The van der Waals surface area contributed by atoms with Crippen molar-refractivity contribution in [3.8, 4) is 11.1 Å². The highest BCUT2D eigenvalue weighted by atomic mass is 35.5. The molecule has 0 unspecified atom stereocenters. The van der Waals surface area contributed by atoms with Crippen molar-refractivity contribution in [2.45, 2.75) is 0 Å². The first-order valence-corrected chi connectivity index (χ1v) is 7.48. The molecule has 0 aliphatic heterocycles. The number of aromatic nitrogens is 1. The summed E-state index contributed by atoms with van der Waals surface area (Å²) in [7, 11) is 1.53. The molecular formula is C17H11Cl2NO3. The molecule has 1 N–H and O–H groups in total. The Balaban J connectivity index is 2.62. The molecule has 116 valence electrons. The molecule has 0 saturated heterocycles. The molecule has 0 aliphatic rings. The van der Waals surface area contributed by atoms with Crippen LogP contribution in [0.3, 0.4) is 0 Å². The molecule has 1 aromatic heterocycles. The molecule has 3 rings (SSSR count). The topological polar surface area (TPSA) is 59.3 Å². The Hall–Kier alpha value is -2.30. The van der Waals surface area contributed by atoms with Crippen LogP contribution in [-0.4, -0.2) is 15.6 Å². The highest BCUT2D eigenvalue weighted by Crippen LogP contribution is 2.35. The number of aryl methyl sites for hydroxylation is 1. The quantitative estimate of drug-likeness (QED) is 0.755. The van der Waals surface area contributed by atoms with Crippen molar-refractivity contribution in [2.24, 2.45) is 7.05 Å². The van der Waals surface area contributed by atoms with E-state index in [1.54, 1.807) is 42.5 Å². The lowest BCUT2D eigenvalue weighted by Crippen LogP contribution is -2.26. The normalized spacial score (nSPS) is 10.9. The molecule has 23 heavy (non-hydrogen) atoms. The second kappa shape index (κ2) is 5.72. The average molecular weight is 348 g/mol. The van der Waals surface area contributed by atoms with Crippen LogP contribution in [0.25, 0.3) is 22.0 Å². The number of aromatic carboxylic acids is 1. The van der Waals surface area contributed by atoms with Gasteiger partial charge in [-0.3, -0.25) is 4.79 Å². The van der Waals surface area contributed by atoms with E-state index in [2.05, 4.69) is 0 Å². The van der Waals surface area contributed by atoms with Gasteiger partial charge in [-0.15, -0.1) is 0 Å². The fourth-order valence-electron chi connectivity index (χ4n) is 2.66. The van der Waals surface area contributed by atoms with E-state index >= 15 is 0 Å². The van der Waals surface area contributed by atoms with Crippen molar-refractivity contribution in [1.82, 2.24) is 4.57 Å². The Morgan fingerprint density at radius 3 is 2.48 bits per heavy atom. The van der Waals surface area contributed by atoms with Crippen molar-refractivity contribution in [3.63, 3.8) is 0 Å². The van der Waals surface area contributed by atoms with Crippen LogP contribution in [0.5, 0.6) is 0 Å². The van der Waals surface area contributed by atoms with Crippen LogP contribution in [0.4, 0.5) is 0 Å². The van der Waals surface area contributed by atoms with E-state index in [-0.39, 0.29) is 11.1 Å². The zero-order chi connectivity index (χ0) is 16.7. The van der Waals surface area contributed by atoms with Gasteiger partial charge in [-0.2, -0.15) is 0 Å². The first-order chi connectivity index (χ1) is 10.9. The van der Waals surface area contributed by atoms with E-state index in [0.717, 1.165) is 0 Å². The lowest BCUT2D eigenvalue weighted by Gasteiger charge is -2.15. The summed E-state index contributed by atoms with van der Waals surface area (Å²) in [5, 5.41) is 10.9. The number of pyridine rings is 1. The highest BCUT2D eigenvalue weighted by molar-refractivity contribution is 6.34. The second-order valence-electron chi connectivity index (χ2n) is 5.06. The number of rotatable bonds is 2. The van der Waals surface area contributed by atoms with Gasteiger partial charge in [0, 0.05) is 33.6 Å². The lowest BCUT2D eigenvalue weighted by molar-refractivity contribution is 0.0695. The highest BCUT2D eigenvalue weighted by Gasteiger charge is 2.23. The van der Waals surface area contributed by atoms with Gasteiger partial charge in [0.2, 0.25) is 0 Å². The molecule has 0 radical (unpaired) electrons. The Bertz CT molecular complexity index is 1010. The van der Waals surface area contributed by atoms with Crippen molar-refractivity contribution >= 4 is 40.1 Å². The smallest absolute Gasteiger partial charge is 0.342 e. The van der Waals surface area contributed by atoms with Gasteiger partial charge in [-0.1, -0.05) is 41.4 Å². The molecule has 3 aromatic rings. The molecular weight excluding hydrogens is 337 g/mol. The second-order valence-corrected chi connectivity index (χ2v) is 5.90. The van der Waals surface area contributed by atoms with E-state index < -0.39 is 11.5 Å². The Labute approximate surface area is 141 Å². The van der Waals surface area contributed by atoms with Crippen LogP contribution >= 0.6 is 23.2 Å². The predicted octanol–water partition coefficient (Wildman–Crippen LogP) is 4.21. The van der Waals surface area contributed by atoms with Crippen LogP contribution in [0.15, 0.2) is 47.3 Å². The van der Waals surface area contributed by atoms with E-state index in [1.165, 1.54) is 11.6 Å². The maximum atomic E-state index is 12.5. The van der Waals surface area contributed by atoms with Gasteiger partial charge in [0.25, 0.3) is 5.56 Å². The molecule has 0 spiro atoms. The minimum atomic E-state index is -1.30. The monoisotopic (exact) mass is 347 g/mol. The summed E-state index contributed by atoms with van der Waals surface area (Å²) in [5.74, 6) is -1.30. The maximum absolute atomic E-state index is 12.5. The first-order valence-electron chi connectivity index (χ1n) is 6.72. The standard InChI is InChI=1S/C17H11Cl2NO3/c1-20-13-7-6-9(18)8-11(13)14(15(16(20)21)17(22)23)10-4-2-3-5-12(10)19/h2-8H,1H3,(H,22,23). The summed E-state index contributed by atoms with van der Waals surface area (Å²) in [5.41, 5.74) is 0.428. The van der Waals surface area contributed by atoms with Crippen molar-refractivity contribution < 1.29 is 9.90 Å². The largest absolute Gasteiger partial charge is 0.477 e. The molecule has 0 aliphatic carbocycles. The number of benzene rings is 2. The van der Waals surface area contributed by atoms with Crippen LogP contribution in [0.2, 0.25) is 10.0 Å². The summed E-state index contributed by atoms with van der Waals surface area (Å²) in [6.45, 7) is 0. The van der Waals surface area contributed by atoms with E-state index in [1.807, 2.05) is 0 Å². The van der Waals surface area contributed by atoms with Gasteiger partial charge in [0.05, 0.1) is 5.52 Å². The SMILES string of the molecule is Cn1c(=O)c(C(=O)O)c(-c2ccccc2Cl)c2cc(Cl)ccc21. The third-order valence-corrected chi connectivity index (χ3v) is 4.28. The number of fused-ring (bicyclic) bond motifs is 1. The molecule has 6 heteroatoms. The van der Waals surface area contributed by atoms with Crippen molar-refractivity contribution in [2.75, 3.05) is 0 Å². The Kier molecular flexibility index (Phi) is 3.88. The fourth-order valence-corrected chi connectivity index (χ4v) is 3.06. The number of carboxylic acids is 1. The number of carboxylic acid groups (broad SMARTS) is 1. The van der Waals surface area contributed by atoms with Crippen LogP contribution in [0.1, 0.15) is 10.4 Å². The first kappa shape index (κ1) is 15.6. The predicted molar refractivity (Wildman–Crippen MR) is 91.6 cm³/mol. The number of halogens is 2. The minimum absolute atomic E-state index is 0.281. The molecule has 2 aromatic carbocycles. The molecule has 0 fully saturated rings. The number of hydrogen-bond acceptors (Lipinski definition) is 2. The van der Waals surface area contributed by atoms with Gasteiger partial charge in [-0.05, 0) is 24.3 Å². The van der Waals surface area contributed by atoms with Crippen molar-refractivity contribution in [1.29, 1.82) is 0 Å². The number of nitrogens with zero attached hydrogens (tertiary/aromatic N) is 1. The number of hydrogen-bond donors (Lipinski definition) is 1. The summed E-state index contributed by atoms with van der Waals surface area (Å²) in [6.07, 6.45) is 0. The average Bonchev–Trinajstić information content (AvgIpc) is 2.51. The molecule has 4 nitrogen and oxygen atoms in total. The summed E-state index contributed by atoms with van der Waals surface area (Å²) in [6, 6.07) is 11.8. The van der Waals surface area contributed by atoms with Gasteiger partial charge < -0.3 is 9.67 Å².